The van der Waals surface area contributed by atoms with Crippen molar-refractivity contribution in [3.63, 3.8) is 0 Å². The molecule has 0 aromatic carbocycles. The first-order valence-corrected chi connectivity index (χ1v) is 6.74. The summed E-state index contributed by atoms with van der Waals surface area (Å²) in [6.45, 7) is 5.48. The van der Waals surface area contributed by atoms with Crippen LogP contribution < -0.4 is 4.74 Å². The number of aromatic nitrogens is 4. The van der Waals surface area contributed by atoms with E-state index in [9.17, 15) is 0 Å². The van der Waals surface area contributed by atoms with Gasteiger partial charge in [0.15, 0.2) is 5.75 Å². The summed E-state index contributed by atoms with van der Waals surface area (Å²) in [7, 11) is 1.91. The van der Waals surface area contributed by atoms with Gasteiger partial charge in [0, 0.05) is 13.6 Å². The third-order valence-electron chi connectivity index (χ3n) is 2.70. The number of rotatable bonds is 5. The highest BCUT2D eigenvalue weighted by Gasteiger charge is 2.11. The van der Waals surface area contributed by atoms with Crippen LogP contribution in [0.4, 0.5) is 0 Å². The number of aryl methyl sites for hydroxylation is 3. The number of nitrogens with zero attached hydrogens (tertiary/aromatic N) is 4. The minimum atomic E-state index is 0.482. The molecule has 0 spiro atoms. The fourth-order valence-corrected chi connectivity index (χ4v) is 2.21. The van der Waals surface area contributed by atoms with Crippen molar-refractivity contribution in [2.45, 2.75) is 33.4 Å². The minimum Gasteiger partial charge on any atom is -0.484 e. The SMILES string of the molecule is CCCn1cc(OCc2c(Br)c(C)nn2C)cn1. The zero-order chi connectivity index (χ0) is 13.1. The molecule has 0 radical (unpaired) electrons. The predicted molar refractivity (Wildman–Crippen MR) is 72.5 cm³/mol. The molecule has 0 aliphatic heterocycles. The molecule has 0 aliphatic rings. The van der Waals surface area contributed by atoms with E-state index < -0.39 is 0 Å². The van der Waals surface area contributed by atoms with Gasteiger partial charge in [-0.3, -0.25) is 9.36 Å². The summed E-state index contributed by atoms with van der Waals surface area (Å²) in [4.78, 5) is 0. The normalized spacial score (nSPS) is 10.9. The fourth-order valence-electron chi connectivity index (χ4n) is 1.76. The summed E-state index contributed by atoms with van der Waals surface area (Å²) < 4.78 is 10.4. The van der Waals surface area contributed by atoms with Crippen molar-refractivity contribution in [1.82, 2.24) is 19.6 Å². The van der Waals surface area contributed by atoms with Crippen molar-refractivity contribution in [3.8, 4) is 5.75 Å². The van der Waals surface area contributed by atoms with E-state index in [1.54, 1.807) is 6.20 Å². The van der Waals surface area contributed by atoms with Crippen molar-refractivity contribution in [2.75, 3.05) is 0 Å². The molecule has 0 bridgehead atoms. The zero-order valence-corrected chi connectivity index (χ0v) is 12.4. The van der Waals surface area contributed by atoms with Crippen LogP contribution in [-0.2, 0) is 20.2 Å². The van der Waals surface area contributed by atoms with Gasteiger partial charge in [0.05, 0.1) is 28.3 Å². The highest BCUT2D eigenvalue weighted by molar-refractivity contribution is 9.10. The van der Waals surface area contributed by atoms with E-state index in [-0.39, 0.29) is 0 Å². The smallest absolute Gasteiger partial charge is 0.157 e. The molecule has 0 aliphatic carbocycles. The lowest BCUT2D eigenvalue weighted by atomic mass is 10.4. The summed E-state index contributed by atoms with van der Waals surface area (Å²) in [5.41, 5.74) is 1.99. The summed E-state index contributed by atoms with van der Waals surface area (Å²) in [5, 5.41) is 8.55. The second-order valence-corrected chi connectivity index (χ2v) is 4.99. The maximum absolute atomic E-state index is 5.72. The third kappa shape index (κ3) is 2.75. The zero-order valence-electron chi connectivity index (χ0n) is 10.9. The Kier molecular flexibility index (Phi) is 4.06. The van der Waals surface area contributed by atoms with E-state index in [4.69, 9.17) is 4.74 Å². The number of hydrogen-bond acceptors (Lipinski definition) is 3. The maximum atomic E-state index is 5.72. The van der Waals surface area contributed by atoms with Crippen LogP contribution in [0.2, 0.25) is 0 Å². The van der Waals surface area contributed by atoms with Gasteiger partial charge in [-0.05, 0) is 29.3 Å². The van der Waals surface area contributed by atoms with Gasteiger partial charge < -0.3 is 4.74 Å². The Morgan fingerprint density at radius 2 is 2.22 bits per heavy atom. The molecule has 0 N–H and O–H groups in total. The standard InChI is InChI=1S/C12H17BrN4O/c1-4-5-17-7-10(6-14-17)18-8-11-12(13)9(2)15-16(11)3/h6-7H,4-5,8H2,1-3H3. The van der Waals surface area contributed by atoms with Crippen LogP contribution >= 0.6 is 15.9 Å². The van der Waals surface area contributed by atoms with Gasteiger partial charge >= 0.3 is 0 Å². The highest BCUT2D eigenvalue weighted by atomic mass is 79.9. The van der Waals surface area contributed by atoms with Crippen LogP contribution in [0.1, 0.15) is 24.7 Å². The van der Waals surface area contributed by atoms with Gasteiger partial charge in [-0.25, -0.2) is 0 Å². The first kappa shape index (κ1) is 13.1. The van der Waals surface area contributed by atoms with Crippen LogP contribution in [-0.4, -0.2) is 19.6 Å². The number of hydrogen-bond donors (Lipinski definition) is 0. The lowest BCUT2D eigenvalue weighted by Crippen LogP contribution is -2.03. The van der Waals surface area contributed by atoms with Gasteiger partial charge in [0.25, 0.3) is 0 Å². The molecule has 2 rings (SSSR count). The van der Waals surface area contributed by atoms with Crippen LogP contribution in [0.15, 0.2) is 16.9 Å². The monoisotopic (exact) mass is 312 g/mol. The average molecular weight is 313 g/mol. The van der Waals surface area contributed by atoms with Crippen LogP contribution in [0.3, 0.4) is 0 Å². The summed E-state index contributed by atoms with van der Waals surface area (Å²) in [6.07, 6.45) is 4.72. The van der Waals surface area contributed by atoms with Crippen molar-refractivity contribution < 1.29 is 4.74 Å². The summed E-state index contributed by atoms with van der Waals surface area (Å²) in [6, 6.07) is 0. The Morgan fingerprint density at radius 1 is 1.44 bits per heavy atom. The average Bonchev–Trinajstić information content (AvgIpc) is 2.85. The first-order valence-electron chi connectivity index (χ1n) is 5.95. The number of halogens is 1. The largest absolute Gasteiger partial charge is 0.484 e. The topological polar surface area (TPSA) is 44.9 Å². The molecule has 0 atom stereocenters. The Hall–Kier alpha value is -1.30. The first-order chi connectivity index (χ1) is 8.61. The molecule has 98 valence electrons. The molecule has 0 saturated carbocycles. The van der Waals surface area contributed by atoms with E-state index in [2.05, 4.69) is 33.1 Å². The molecule has 2 heterocycles. The molecule has 6 heteroatoms. The maximum Gasteiger partial charge on any atom is 0.157 e. The van der Waals surface area contributed by atoms with Gasteiger partial charge in [0.2, 0.25) is 0 Å². The Labute approximate surface area is 115 Å². The summed E-state index contributed by atoms with van der Waals surface area (Å²) in [5.74, 6) is 0.786. The molecule has 0 fully saturated rings. The third-order valence-corrected chi connectivity index (χ3v) is 3.73. The second kappa shape index (κ2) is 5.56. The fraction of sp³-hybridized carbons (Fsp3) is 0.500. The van der Waals surface area contributed by atoms with Crippen molar-refractivity contribution >= 4 is 15.9 Å². The van der Waals surface area contributed by atoms with E-state index in [0.29, 0.717) is 6.61 Å². The Balaban J connectivity index is 2.02. The summed E-state index contributed by atoms with van der Waals surface area (Å²) >= 11 is 3.52. The second-order valence-electron chi connectivity index (χ2n) is 4.20. The number of ether oxygens (including phenoxy) is 1. The van der Waals surface area contributed by atoms with Crippen LogP contribution in [0.25, 0.3) is 0 Å². The van der Waals surface area contributed by atoms with E-state index in [1.165, 1.54) is 0 Å². The Bertz CT molecular complexity index is 532. The van der Waals surface area contributed by atoms with E-state index in [0.717, 1.165) is 34.6 Å². The van der Waals surface area contributed by atoms with Crippen molar-refractivity contribution in [2.24, 2.45) is 7.05 Å². The molecule has 0 unspecified atom stereocenters. The lowest BCUT2D eigenvalue weighted by Gasteiger charge is -2.04. The van der Waals surface area contributed by atoms with Gasteiger partial charge in [-0.2, -0.15) is 10.2 Å². The van der Waals surface area contributed by atoms with Gasteiger partial charge in [-0.15, -0.1) is 0 Å². The highest BCUT2D eigenvalue weighted by Crippen LogP contribution is 2.21. The quantitative estimate of drug-likeness (QED) is 0.852. The molecule has 2 aromatic heterocycles. The van der Waals surface area contributed by atoms with Crippen molar-refractivity contribution in [1.29, 1.82) is 0 Å². The minimum absolute atomic E-state index is 0.482. The molecular formula is C12H17BrN4O. The molecule has 18 heavy (non-hydrogen) atoms. The molecule has 0 amide bonds. The van der Waals surface area contributed by atoms with Gasteiger partial charge in [0.1, 0.15) is 6.61 Å². The van der Waals surface area contributed by atoms with E-state index >= 15 is 0 Å². The van der Waals surface area contributed by atoms with Gasteiger partial charge in [-0.1, -0.05) is 6.92 Å². The Morgan fingerprint density at radius 3 is 2.83 bits per heavy atom. The van der Waals surface area contributed by atoms with Crippen molar-refractivity contribution in [3.05, 3.63) is 28.3 Å². The van der Waals surface area contributed by atoms with E-state index in [1.807, 2.05) is 29.5 Å². The molecule has 5 nitrogen and oxygen atoms in total. The molecule has 0 saturated heterocycles. The van der Waals surface area contributed by atoms with Crippen LogP contribution in [0.5, 0.6) is 5.75 Å². The van der Waals surface area contributed by atoms with Crippen LogP contribution in [0, 0.1) is 6.92 Å². The lowest BCUT2D eigenvalue weighted by molar-refractivity contribution is 0.293. The predicted octanol–water partition coefficient (Wildman–Crippen LogP) is 2.68. The molecular weight excluding hydrogens is 296 g/mol. The molecule has 2 aromatic rings.